The Kier molecular flexibility index (Phi) is 4.59. The molecule has 1 fully saturated rings. The SMILES string of the molecule is NCCC1CCCN(C(=O)C2CCCc3ccccc32)C1. The van der Waals surface area contributed by atoms with Crippen LogP contribution in [-0.2, 0) is 11.2 Å². The van der Waals surface area contributed by atoms with E-state index in [1.54, 1.807) is 0 Å². The van der Waals surface area contributed by atoms with Gasteiger partial charge in [-0.15, -0.1) is 0 Å². The zero-order valence-electron chi connectivity index (χ0n) is 12.8. The number of amides is 1. The lowest BCUT2D eigenvalue weighted by Crippen LogP contribution is -2.43. The average Bonchev–Trinajstić information content (AvgIpc) is 2.54. The highest BCUT2D eigenvalue weighted by molar-refractivity contribution is 5.84. The highest BCUT2D eigenvalue weighted by Crippen LogP contribution is 2.34. The number of aryl methyl sites for hydroxylation is 1. The van der Waals surface area contributed by atoms with Gasteiger partial charge in [-0.05, 0) is 62.1 Å². The highest BCUT2D eigenvalue weighted by atomic mass is 16.2. The van der Waals surface area contributed by atoms with Crippen molar-refractivity contribution in [3.63, 3.8) is 0 Å². The van der Waals surface area contributed by atoms with Crippen LogP contribution in [0.4, 0.5) is 0 Å². The second kappa shape index (κ2) is 6.61. The Hall–Kier alpha value is -1.35. The van der Waals surface area contributed by atoms with Crippen molar-refractivity contribution in [3.05, 3.63) is 35.4 Å². The van der Waals surface area contributed by atoms with Gasteiger partial charge in [0.05, 0.1) is 5.92 Å². The van der Waals surface area contributed by atoms with E-state index >= 15 is 0 Å². The molecule has 3 rings (SSSR count). The highest BCUT2D eigenvalue weighted by Gasteiger charge is 2.32. The number of likely N-dealkylation sites (tertiary alicyclic amines) is 1. The monoisotopic (exact) mass is 286 g/mol. The number of piperidine rings is 1. The van der Waals surface area contributed by atoms with E-state index in [0.717, 1.165) is 51.7 Å². The predicted molar refractivity (Wildman–Crippen MR) is 85.1 cm³/mol. The van der Waals surface area contributed by atoms with Gasteiger partial charge >= 0.3 is 0 Å². The molecule has 2 aliphatic rings. The molecule has 0 spiro atoms. The number of hydrogen-bond acceptors (Lipinski definition) is 2. The van der Waals surface area contributed by atoms with E-state index in [0.29, 0.717) is 11.8 Å². The number of nitrogens with two attached hydrogens (primary N) is 1. The van der Waals surface area contributed by atoms with Crippen LogP contribution in [0.2, 0.25) is 0 Å². The minimum Gasteiger partial charge on any atom is -0.342 e. The van der Waals surface area contributed by atoms with Gasteiger partial charge < -0.3 is 10.6 Å². The van der Waals surface area contributed by atoms with E-state index in [1.165, 1.54) is 17.5 Å². The normalized spacial score (nSPS) is 25.5. The van der Waals surface area contributed by atoms with Gasteiger partial charge in [-0.2, -0.15) is 0 Å². The number of carbonyl (C=O) groups excluding carboxylic acids is 1. The second-order valence-corrected chi connectivity index (χ2v) is 6.51. The fourth-order valence-corrected chi connectivity index (χ4v) is 3.97. The van der Waals surface area contributed by atoms with Crippen LogP contribution >= 0.6 is 0 Å². The fraction of sp³-hybridized carbons (Fsp3) is 0.611. The van der Waals surface area contributed by atoms with Gasteiger partial charge in [0.1, 0.15) is 0 Å². The van der Waals surface area contributed by atoms with Crippen LogP contribution < -0.4 is 5.73 Å². The van der Waals surface area contributed by atoms with Crippen molar-refractivity contribution < 1.29 is 4.79 Å². The van der Waals surface area contributed by atoms with Gasteiger partial charge in [0.25, 0.3) is 0 Å². The van der Waals surface area contributed by atoms with Gasteiger partial charge in [-0.3, -0.25) is 4.79 Å². The van der Waals surface area contributed by atoms with Crippen molar-refractivity contribution in [2.24, 2.45) is 11.7 Å². The minimum atomic E-state index is 0.0894. The first-order chi connectivity index (χ1) is 10.3. The van der Waals surface area contributed by atoms with E-state index in [1.807, 2.05) is 0 Å². The molecule has 3 heteroatoms. The molecule has 1 amide bonds. The van der Waals surface area contributed by atoms with E-state index in [9.17, 15) is 4.79 Å². The minimum absolute atomic E-state index is 0.0894. The molecule has 2 atom stereocenters. The third-order valence-electron chi connectivity index (χ3n) is 5.07. The van der Waals surface area contributed by atoms with Crippen molar-refractivity contribution in [2.45, 2.75) is 44.4 Å². The first kappa shape index (κ1) is 14.6. The molecule has 0 bridgehead atoms. The zero-order chi connectivity index (χ0) is 14.7. The Balaban J connectivity index is 1.74. The molecule has 1 aromatic carbocycles. The molecule has 0 radical (unpaired) electrons. The Morgan fingerprint density at radius 3 is 2.95 bits per heavy atom. The maximum absolute atomic E-state index is 13.0. The van der Waals surface area contributed by atoms with Crippen molar-refractivity contribution in [1.82, 2.24) is 4.90 Å². The van der Waals surface area contributed by atoms with E-state index < -0.39 is 0 Å². The number of hydrogen-bond donors (Lipinski definition) is 1. The number of benzene rings is 1. The lowest BCUT2D eigenvalue weighted by atomic mass is 9.81. The lowest BCUT2D eigenvalue weighted by Gasteiger charge is -2.36. The first-order valence-corrected chi connectivity index (χ1v) is 8.36. The number of carbonyl (C=O) groups is 1. The van der Waals surface area contributed by atoms with Crippen LogP contribution in [0.15, 0.2) is 24.3 Å². The van der Waals surface area contributed by atoms with Crippen LogP contribution in [0.1, 0.15) is 49.1 Å². The van der Waals surface area contributed by atoms with E-state index in [-0.39, 0.29) is 5.92 Å². The van der Waals surface area contributed by atoms with Crippen molar-refractivity contribution in [1.29, 1.82) is 0 Å². The number of fused-ring (bicyclic) bond motifs is 1. The molecule has 114 valence electrons. The largest absolute Gasteiger partial charge is 0.342 e. The molecule has 1 aromatic rings. The molecule has 1 aliphatic carbocycles. The molecule has 1 saturated heterocycles. The molecule has 3 nitrogen and oxygen atoms in total. The van der Waals surface area contributed by atoms with Gasteiger partial charge in [-0.1, -0.05) is 24.3 Å². The zero-order valence-corrected chi connectivity index (χ0v) is 12.8. The summed E-state index contributed by atoms with van der Waals surface area (Å²) in [5.41, 5.74) is 8.33. The van der Waals surface area contributed by atoms with Crippen molar-refractivity contribution >= 4 is 5.91 Å². The first-order valence-electron chi connectivity index (χ1n) is 8.36. The Labute approximate surface area is 127 Å². The third kappa shape index (κ3) is 3.13. The summed E-state index contributed by atoms with van der Waals surface area (Å²) >= 11 is 0. The summed E-state index contributed by atoms with van der Waals surface area (Å²) in [5, 5.41) is 0. The Bertz CT molecular complexity index is 498. The van der Waals surface area contributed by atoms with Gasteiger partial charge in [0.15, 0.2) is 0 Å². The molecule has 2 unspecified atom stereocenters. The Morgan fingerprint density at radius 1 is 1.24 bits per heavy atom. The molecule has 0 aromatic heterocycles. The summed E-state index contributed by atoms with van der Waals surface area (Å²) in [7, 11) is 0. The third-order valence-corrected chi connectivity index (χ3v) is 5.07. The number of rotatable bonds is 3. The summed E-state index contributed by atoms with van der Waals surface area (Å²) in [6.07, 6.45) is 6.66. The molecule has 21 heavy (non-hydrogen) atoms. The summed E-state index contributed by atoms with van der Waals surface area (Å²) in [6, 6.07) is 8.49. The lowest BCUT2D eigenvalue weighted by molar-refractivity contribution is -0.135. The smallest absolute Gasteiger partial charge is 0.230 e. The second-order valence-electron chi connectivity index (χ2n) is 6.51. The average molecular weight is 286 g/mol. The maximum atomic E-state index is 13.0. The van der Waals surface area contributed by atoms with E-state index in [2.05, 4.69) is 29.2 Å². The quantitative estimate of drug-likeness (QED) is 0.928. The molecule has 2 N–H and O–H groups in total. The van der Waals surface area contributed by atoms with Gasteiger partial charge in [0.2, 0.25) is 5.91 Å². The predicted octanol–water partition coefficient (Wildman–Crippen LogP) is 2.69. The summed E-state index contributed by atoms with van der Waals surface area (Å²) < 4.78 is 0. The van der Waals surface area contributed by atoms with Crippen LogP contribution in [0.25, 0.3) is 0 Å². The van der Waals surface area contributed by atoms with Crippen LogP contribution in [-0.4, -0.2) is 30.4 Å². The molecule has 1 heterocycles. The molecular weight excluding hydrogens is 260 g/mol. The fourth-order valence-electron chi connectivity index (χ4n) is 3.97. The summed E-state index contributed by atoms with van der Waals surface area (Å²) in [4.78, 5) is 15.1. The summed E-state index contributed by atoms with van der Waals surface area (Å²) in [5.74, 6) is 1.04. The van der Waals surface area contributed by atoms with Gasteiger partial charge in [0, 0.05) is 13.1 Å². The van der Waals surface area contributed by atoms with Crippen LogP contribution in [0.5, 0.6) is 0 Å². The maximum Gasteiger partial charge on any atom is 0.230 e. The van der Waals surface area contributed by atoms with Crippen LogP contribution in [0, 0.1) is 5.92 Å². The molecule has 1 aliphatic heterocycles. The van der Waals surface area contributed by atoms with Crippen LogP contribution in [0.3, 0.4) is 0 Å². The molecule has 0 saturated carbocycles. The number of nitrogens with zero attached hydrogens (tertiary/aromatic N) is 1. The molecular formula is C18H26N2O. The van der Waals surface area contributed by atoms with Crippen molar-refractivity contribution in [3.8, 4) is 0 Å². The topological polar surface area (TPSA) is 46.3 Å². The standard InChI is InChI=1S/C18H26N2O/c19-11-10-14-5-4-12-20(13-14)18(21)17-9-3-7-15-6-1-2-8-16(15)17/h1-2,6,8,14,17H,3-5,7,9-13,19H2. The summed E-state index contributed by atoms with van der Waals surface area (Å²) in [6.45, 7) is 2.58. The van der Waals surface area contributed by atoms with E-state index in [4.69, 9.17) is 5.73 Å². The van der Waals surface area contributed by atoms with Gasteiger partial charge in [-0.25, -0.2) is 0 Å². The van der Waals surface area contributed by atoms with Crippen molar-refractivity contribution in [2.75, 3.05) is 19.6 Å². The Morgan fingerprint density at radius 2 is 2.10 bits per heavy atom.